The summed E-state index contributed by atoms with van der Waals surface area (Å²) in [6, 6.07) is 0. The Balaban J connectivity index is 0. The van der Waals surface area contributed by atoms with Gasteiger partial charge in [-0.1, -0.05) is 95.8 Å². The van der Waals surface area contributed by atoms with E-state index in [0.717, 1.165) is 83.4 Å². The van der Waals surface area contributed by atoms with Gasteiger partial charge in [-0.2, -0.15) is 10.6 Å². The van der Waals surface area contributed by atoms with E-state index in [-0.39, 0.29) is 6.61 Å². The van der Waals surface area contributed by atoms with Crippen LogP contribution in [0.15, 0.2) is 36.5 Å². The summed E-state index contributed by atoms with van der Waals surface area (Å²) < 4.78 is 12.7. The van der Waals surface area contributed by atoms with Gasteiger partial charge in [0.15, 0.2) is 0 Å². The highest BCUT2D eigenvalue weighted by Crippen LogP contribution is 2.47. The summed E-state index contributed by atoms with van der Waals surface area (Å²) in [5.74, 6) is 1.000. The molecule has 0 radical (unpaired) electrons. The minimum atomic E-state index is -1.47. The minimum Gasteiger partial charge on any atom is -0.396 e. The van der Waals surface area contributed by atoms with Crippen molar-refractivity contribution < 1.29 is 18.6 Å². The number of nitrogens with zero attached hydrogens (tertiary/aromatic N) is 1. The second kappa shape index (κ2) is 38.6. The van der Waals surface area contributed by atoms with E-state index in [1.165, 1.54) is 77.0 Å². The molecule has 0 amide bonds. The van der Waals surface area contributed by atoms with Crippen LogP contribution in [0.3, 0.4) is 0 Å². The van der Waals surface area contributed by atoms with Gasteiger partial charge in [0.1, 0.15) is 0 Å². The molecule has 0 aromatic heterocycles. The summed E-state index contributed by atoms with van der Waals surface area (Å²) in [6.07, 6.45) is 39.8. The van der Waals surface area contributed by atoms with Crippen LogP contribution in [-0.2, 0) is 8.37 Å². The zero-order valence-corrected chi connectivity index (χ0v) is 30.9. The van der Waals surface area contributed by atoms with Gasteiger partial charge in [0.25, 0.3) is 0 Å². The molecule has 0 aliphatic heterocycles. The molecule has 0 aliphatic carbocycles. The molecule has 44 heavy (non-hydrogen) atoms. The van der Waals surface area contributed by atoms with E-state index in [1.54, 1.807) is 0 Å². The van der Waals surface area contributed by atoms with Gasteiger partial charge >= 0.3 is 0 Å². The van der Waals surface area contributed by atoms with Gasteiger partial charge in [0, 0.05) is 25.2 Å². The Morgan fingerprint density at radius 2 is 0.909 bits per heavy atom. The van der Waals surface area contributed by atoms with Crippen LogP contribution in [0.25, 0.3) is 0 Å². The lowest BCUT2D eigenvalue weighted by molar-refractivity contribution is 0.219. The van der Waals surface area contributed by atoms with Crippen molar-refractivity contribution in [2.24, 2.45) is 0 Å². The predicted octanol–water partition coefficient (Wildman–Crippen LogP) is 10.7. The van der Waals surface area contributed by atoms with Crippen molar-refractivity contribution in [1.82, 2.24) is 4.90 Å². The fourth-order valence-electron chi connectivity index (χ4n) is 4.51. The number of aliphatic hydroxyl groups is 2. The molecule has 0 saturated carbocycles. The van der Waals surface area contributed by atoms with E-state index in [2.05, 4.69) is 75.4 Å². The molecule has 0 heterocycles. The summed E-state index contributed by atoms with van der Waals surface area (Å²) in [5, 5.41) is 17.5. The van der Waals surface area contributed by atoms with E-state index in [9.17, 15) is 0 Å². The fraction of sp³-hybridized carbons (Fsp3) is 0.842. The van der Waals surface area contributed by atoms with Crippen LogP contribution in [0.5, 0.6) is 0 Å². The molecule has 5 nitrogen and oxygen atoms in total. The summed E-state index contributed by atoms with van der Waals surface area (Å²) >= 11 is 0. The van der Waals surface area contributed by atoms with Crippen LogP contribution >= 0.6 is 10.6 Å². The maximum absolute atomic E-state index is 9.06. The normalized spacial score (nSPS) is 12.6. The number of likely N-dealkylation sites (N-methyl/N-ethyl adjacent to an activating group) is 1. The molecular weight excluding hydrogens is 566 g/mol. The summed E-state index contributed by atoms with van der Waals surface area (Å²) in [7, 11) is 0.595. The van der Waals surface area contributed by atoms with Gasteiger partial charge in [0.2, 0.25) is 0 Å². The molecule has 0 atom stereocenters. The van der Waals surface area contributed by atoms with E-state index < -0.39 is 10.6 Å². The van der Waals surface area contributed by atoms with Crippen LogP contribution in [0.1, 0.15) is 149 Å². The van der Waals surface area contributed by atoms with Crippen molar-refractivity contribution in [1.29, 1.82) is 0 Å². The van der Waals surface area contributed by atoms with Crippen LogP contribution in [0.4, 0.5) is 0 Å². The number of allylic oxidation sites excluding steroid dienone is 6. The molecule has 2 N–H and O–H groups in total. The highest BCUT2D eigenvalue weighted by atomic mass is 32.3. The quantitative estimate of drug-likeness (QED) is 0.0564. The summed E-state index contributed by atoms with van der Waals surface area (Å²) in [5.41, 5.74) is 0. The first kappa shape index (κ1) is 45.5. The maximum Gasteiger partial charge on any atom is 0.0716 e. The maximum atomic E-state index is 9.06. The molecule has 0 aliphatic rings. The van der Waals surface area contributed by atoms with Crippen molar-refractivity contribution in [2.75, 3.05) is 58.6 Å². The zero-order chi connectivity index (χ0) is 32.8. The molecule has 264 valence electrons. The Bertz CT molecular complexity index is 598. The molecule has 0 rings (SSSR count). The standard InChI is InChI=1S/C28H57NO3S.C10H20O/c1-5-7-9-11-13-15-17-20-26-31-33(4,28-22-19-23-29(3)24-25-30)32-27-21-18-16-14-12-10-8-6-2;1-2-3-4-5-6-7-8-9-10-11/h13-16,30H,5-12,17-28H2,1-4H3;6-7,11H,2-5,8-10H2,1H3/b15-13-,16-14-;7-6-. The molecule has 6 heteroatoms. The van der Waals surface area contributed by atoms with Gasteiger partial charge in [-0.05, 0) is 103 Å². The number of hydrogen-bond acceptors (Lipinski definition) is 5. The van der Waals surface area contributed by atoms with E-state index in [4.69, 9.17) is 18.6 Å². The SMILES string of the molecule is CCCCC/C=C\CCCO.CCCCC/C=C\CCCOS(C)(CCCCN(C)CCO)OCCC/C=C\CCCCC. The van der Waals surface area contributed by atoms with Gasteiger partial charge in [0.05, 0.1) is 19.8 Å². The molecule has 0 saturated heterocycles. The van der Waals surface area contributed by atoms with Gasteiger partial charge in [-0.25, -0.2) is 0 Å². The van der Waals surface area contributed by atoms with Gasteiger partial charge < -0.3 is 15.1 Å². The Kier molecular flexibility index (Phi) is 39.9. The molecule has 0 spiro atoms. The largest absolute Gasteiger partial charge is 0.396 e. The average molecular weight is 644 g/mol. The van der Waals surface area contributed by atoms with Gasteiger partial charge in [-0.15, -0.1) is 0 Å². The summed E-state index contributed by atoms with van der Waals surface area (Å²) in [4.78, 5) is 2.19. The molecular formula is C38H77NO4S. The smallest absolute Gasteiger partial charge is 0.0716 e. The Labute approximate surface area is 277 Å². The van der Waals surface area contributed by atoms with Crippen LogP contribution in [-0.4, -0.2) is 73.7 Å². The van der Waals surface area contributed by atoms with Crippen molar-refractivity contribution >= 4 is 10.6 Å². The Morgan fingerprint density at radius 3 is 1.30 bits per heavy atom. The van der Waals surface area contributed by atoms with Gasteiger partial charge in [-0.3, -0.25) is 8.37 Å². The molecule has 0 aromatic carbocycles. The topological polar surface area (TPSA) is 62.2 Å². The molecule has 0 unspecified atom stereocenters. The van der Waals surface area contributed by atoms with Crippen LogP contribution in [0.2, 0.25) is 0 Å². The highest BCUT2D eigenvalue weighted by Gasteiger charge is 2.15. The van der Waals surface area contributed by atoms with Crippen molar-refractivity contribution in [3.05, 3.63) is 36.5 Å². The zero-order valence-electron chi connectivity index (χ0n) is 30.1. The lowest BCUT2D eigenvalue weighted by atomic mass is 10.2. The van der Waals surface area contributed by atoms with E-state index in [1.807, 2.05) is 0 Å². The molecule has 0 fully saturated rings. The molecule has 0 aromatic rings. The third-order valence-corrected chi connectivity index (χ3v) is 9.79. The number of rotatable bonds is 32. The fourth-order valence-corrected chi connectivity index (χ4v) is 6.48. The van der Waals surface area contributed by atoms with E-state index in [0.29, 0.717) is 6.61 Å². The summed E-state index contributed by atoms with van der Waals surface area (Å²) in [6.45, 7) is 10.6. The number of hydrogen-bond donors (Lipinski definition) is 2. The van der Waals surface area contributed by atoms with Crippen LogP contribution < -0.4 is 0 Å². The second-order valence-corrected chi connectivity index (χ2v) is 14.8. The highest BCUT2D eigenvalue weighted by molar-refractivity contribution is 8.25. The minimum absolute atomic E-state index is 0.228. The lowest BCUT2D eigenvalue weighted by Crippen LogP contribution is -2.23. The number of aliphatic hydroxyl groups excluding tert-OH is 2. The van der Waals surface area contributed by atoms with Crippen molar-refractivity contribution in [3.8, 4) is 0 Å². The van der Waals surface area contributed by atoms with Crippen LogP contribution in [0, 0.1) is 0 Å². The average Bonchev–Trinajstić information content (AvgIpc) is 3.02. The monoisotopic (exact) mass is 644 g/mol. The second-order valence-electron chi connectivity index (χ2n) is 12.1. The Hall–Kier alpha value is -0.630. The number of unbranched alkanes of at least 4 members (excludes halogenated alkanes) is 13. The lowest BCUT2D eigenvalue weighted by Gasteiger charge is -2.40. The third kappa shape index (κ3) is 37.6. The first-order valence-electron chi connectivity index (χ1n) is 18.4. The van der Waals surface area contributed by atoms with Crippen molar-refractivity contribution in [3.63, 3.8) is 0 Å². The van der Waals surface area contributed by atoms with E-state index >= 15 is 0 Å². The Morgan fingerprint density at radius 1 is 0.500 bits per heavy atom. The molecule has 0 bridgehead atoms. The first-order valence-corrected chi connectivity index (χ1v) is 20.5. The van der Waals surface area contributed by atoms with Crippen molar-refractivity contribution in [2.45, 2.75) is 149 Å². The predicted molar refractivity (Wildman–Crippen MR) is 199 cm³/mol. The third-order valence-electron chi connectivity index (χ3n) is 7.43. The first-order chi connectivity index (χ1) is 21.5.